The summed E-state index contributed by atoms with van der Waals surface area (Å²) in [4.78, 5) is 18.9. The number of hydrogen-bond acceptors (Lipinski definition) is 6. The van der Waals surface area contributed by atoms with E-state index >= 15 is 0 Å². The van der Waals surface area contributed by atoms with Gasteiger partial charge in [-0.3, -0.25) is 0 Å². The molecule has 2 rings (SSSR count). The summed E-state index contributed by atoms with van der Waals surface area (Å²) < 4.78 is 0. The van der Waals surface area contributed by atoms with Crippen LogP contribution in [0.25, 0.3) is 11.4 Å². The third-order valence-electron chi connectivity index (χ3n) is 6.04. The van der Waals surface area contributed by atoms with E-state index in [1.165, 1.54) is 36.8 Å². The van der Waals surface area contributed by atoms with E-state index in [2.05, 4.69) is 37.7 Å². The average Bonchev–Trinajstić information content (AvgIpc) is 2.77. The first-order valence-corrected chi connectivity index (χ1v) is 12.9. The van der Waals surface area contributed by atoms with Crippen LogP contribution in [0.2, 0.25) is 0 Å². The molecule has 0 aromatic carbocycles. The van der Waals surface area contributed by atoms with Crippen molar-refractivity contribution < 1.29 is 0 Å². The van der Waals surface area contributed by atoms with Gasteiger partial charge in [-0.05, 0) is 51.4 Å². The normalized spacial score (nSPS) is 11.2. The third-order valence-corrected chi connectivity index (χ3v) is 6.04. The van der Waals surface area contributed by atoms with Crippen molar-refractivity contribution in [2.75, 3.05) is 11.5 Å². The Kier molecular flexibility index (Phi) is 11.4. The second kappa shape index (κ2) is 14.0. The van der Waals surface area contributed by atoms with Gasteiger partial charge in [0.15, 0.2) is 0 Å². The van der Waals surface area contributed by atoms with E-state index < -0.39 is 0 Å². The van der Waals surface area contributed by atoms with Gasteiger partial charge in [0.25, 0.3) is 0 Å². The summed E-state index contributed by atoms with van der Waals surface area (Å²) in [7, 11) is 0. The maximum absolute atomic E-state index is 6.23. The Balaban J connectivity index is 2.64. The molecule has 0 spiro atoms. The lowest BCUT2D eigenvalue weighted by Crippen LogP contribution is -2.13. The van der Waals surface area contributed by atoms with Crippen molar-refractivity contribution in [1.29, 1.82) is 0 Å². The number of aromatic nitrogens is 4. The highest BCUT2D eigenvalue weighted by atomic mass is 15.0. The molecule has 0 amide bonds. The fraction of sp³-hybridized carbons (Fsp3) is 0.692. The quantitative estimate of drug-likeness (QED) is 0.317. The maximum Gasteiger partial charge on any atom is 0.220 e. The molecule has 178 valence electrons. The molecule has 0 fully saturated rings. The minimum Gasteiger partial charge on any atom is -0.368 e. The van der Waals surface area contributed by atoms with Gasteiger partial charge in [-0.2, -0.15) is 0 Å². The largest absolute Gasteiger partial charge is 0.368 e. The van der Waals surface area contributed by atoms with Crippen LogP contribution >= 0.6 is 0 Å². The van der Waals surface area contributed by atoms with E-state index in [0.29, 0.717) is 11.9 Å². The zero-order valence-corrected chi connectivity index (χ0v) is 20.8. The predicted octanol–water partition coefficient (Wildman–Crippen LogP) is 6.25. The molecular weight excluding hydrogens is 396 g/mol. The highest BCUT2D eigenvalue weighted by Gasteiger charge is 2.21. The summed E-state index contributed by atoms with van der Waals surface area (Å²) in [5, 5.41) is 0. The van der Waals surface area contributed by atoms with Gasteiger partial charge < -0.3 is 11.5 Å². The van der Waals surface area contributed by atoms with Crippen molar-refractivity contribution in [3.63, 3.8) is 0 Å². The first kappa shape index (κ1) is 26.0. The SMILES string of the molecule is CCCCCc1nc(N)nc(-c2nc(N)nc(CCCCC)c2CCCC)c1CCCC. The van der Waals surface area contributed by atoms with Crippen LogP contribution in [-0.4, -0.2) is 19.9 Å². The Morgan fingerprint density at radius 1 is 0.469 bits per heavy atom. The van der Waals surface area contributed by atoms with Crippen molar-refractivity contribution in [3.8, 4) is 11.4 Å². The first-order valence-electron chi connectivity index (χ1n) is 12.9. The minimum atomic E-state index is 0.331. The fourth-order valence-electron chi connectivity index (χ4n) is 4.22. The molecule has 0 unspecified atom stereocenters. The van der Waals surface area contributed by atoms with Crippen LogP contribution < -0.4 is 11.5 Å². The molecule has 32 heavy (non-hydrogen) atoms. The van der Waals surface area contributed by atoms with Gasteiger partial charge in [0.2, 0.25) is 11.9 Å². The number of nitrogens with two attached hydrogens (primary N) is 2. The fourth-order valence-corrected chi connectivity index (χ4v) is 4.22. The zero-order valence-electron chi connectivity index (χ0n) is 20.8. The van der Waals surface area contributed by atoms with E-state index in [4.69, 9.17) is 21.4 Å². The van der Waals surface area contributed by atoms with Crippen molar-refractivity contribution in [1.82, 2.24) is 19.9 Å². The Morgan fingerprint density at radius 3 is 1.19 bits per heavy atom. The Morgan fingerprint density at radius 2 is 0.844 bits per heavy atom. The van der Waals surface area contributed by atoms with E-state index in [-0.39, 0.29) is 0 Å². The summed E-state index contributed by atoms with van der Waals surface area (Å²) >= 11 is 0. The van der Waals surface area contributed by atoms with Gasteiger partial charge in [0.05, 0.1) is 11.4 Å². The van der Waals surface area contributed by atoms with Crippen LogP contribution in [0.5, 0.6) is 0 Å². The van der Waals surface area contributed by atoms with Crippen LogP contribution in [0.1, 0.15) is 114 Å². The molecule has 6 nitrogen and oxygen atoms in total. The molecule has 0 saturated carbocycles. The first-order chi connectivity index (χ1) is 15.5. The van der Waals surface area contributed by atoms with Crippen molar-refractivity contribution >= 4 is 11.9 Å². The Hall–Kier alpha value is -2.24. The molecule has 0 aliphatic rings. The summed E-state index contributed by atoms with van der Waals surface area (Å²) in [6.07, 6.45) is 15.1. The summed E-state index contributed by atoms with van der Waals surface area (Å²) in [5.74, 6) is 0.663. The third kappa shape index (κ3) is 7.42. The van der Waals surface area contributed by atoms with Crippen molar-refractivity contribution in [2.24, 2.45) is 0 Å². The Bertz CT molecular complexity index is 764. The molecule has 6 heteroatoms. The lowest BCUT2D eigenvalue weighted by atomic mass is 9.94. The lowest BCUT2D eigenvalue weighted by molar-refractivity contribution is 0.690. The smallest absolute Gasteiger partial charge is 0.220 e. The topological polar surface area (TPSA) is 104 Å². The van der Waals surface area contributed by atoms with Crippen LogP contribution in [-0.2, 0) is 25.7 Å². The highest BCUT2D eigenvalue weighted by molar-refractivity contribution is 5.67. The molecule has 4 N–H and O–H groups in total. The van der Waals surface area contributed by atoms with Crippen molar-refractivity contribution in [2.45, 2.75) is 118 Å². The average molecular weight is 441 g/mol. The van der Waals surface area contributed by atoms with Gasteiger partial charge >= 0.3 is 0 Å². The molecule has 0 atom stereocenters. The number of rotatable bonds is 15. The van der Waals surface area contributed by atoms with E-state index in [0.717, 1.165) is 87.0 Å². The summed E-state index contributed by atoms with van der Waals surface area (Å²) in [6.45, 7) is 8.88. The zero-order chi connectivity index (χ0) is 23.3. The molecule has 0 radical (unpaired) electrons. The summed E-state index contributed by atoms with van der Waals surface area (Å²) in [6, 6.07) is 0. The molecule has 2 aromatic rings. The lowest BCUT2D eigenvalue weighted by Gasteiger charge is -2.18. The van der Waals surface area contributed by atoms with Crippen LogP contribution in [0.4, 0.5) is 11.9 Å². The molecule has 0 bridgehead atoms. The predicted molar refractivity (Wildman–Crippen MR) is 136 cm³/mol. The van der Waals surface area contributed by atoms with Crippen molar-refractivity contribution in [3.05, 3.63) is 22.5 Å². The highest BCUT2D eigenvalue weighted by Crippen LogP contribution is 2.31. The van der Waals surface area contributed by atoms with Gasteiger partial charge in [-0.15, -0.1) is 0 Å². The number of anilines is 2. The van der Waals surface area contributed by atoms with Crippen LogP contribution in [0.3, 0.4) is 0 Å². The maximum atomic E-state index is 6.23. The minimum absolute atomic E-state index is 0.331. The summed E-state index contributed by atoms with van der Waals surface area (Å²) in [5.41, 5.74) is 18.8. The second-order valence-electron chi connectivity index (χ2n) is 8.83. The van der Waals surface area contributed by atoms with E-state index in [9.17, 15) is 0 Å². The monoisotopic (exact) mass is 440 g/mol. The second-order valence-corrected chi connectivity index (χ2v) is 8.83. The molecule has 2 aromatic heterocycles. The van der Waals surface area contributed by atoms with Crippen LogP contribution in [0, 0.1) is 0 Å². The van der Waals surface area contributed by atoms with Gasteiger partial charge in [0, 0.05) is 22.5 Å². The van der Waals surface area contributed by atoms with E-state index in [1.54, 1.807) is 0 Å². The van der Waals surface area contributed by atoms with Gasteiger partial charge in [-0.1, -0.05) is 66.2 Å². The number of nitrogens with zero attached hydrogens (tertiary/aromatic N) is 4. The molecule has 0 aliphatic carbocycles. The Labute approximate surface area is 195 Å². The molecule has 0 aliphatic heterocycles. The standard InChI is InChI=1S/C26H44N6/c1-5-9-13-17-21-19(15-11-7-3)23(31-25(27)29-21)24-20(16-12-8-4)22(18-14-10-6-2)30-26(28)32-24/h5-18H2,1-4H3,(H2,27,29,31)(H2,28,30,32). The van der Waals surface area contributed by atoms with Gasteiger partial charge in [0.1, 0.15) is 0 Å². The van der Waals surface area contributed by atoms with E-state index in [1.807, 2.05) is 0 Å². The number of hydrogen-bond donors (Lipinski definition) is 2. The molecule has 2 heterocycles. The number of aryl methyl sites for hydroxylation is 2. The number of nitrogen functional groups attached to an aromatic ring is 2. The van der Waals surface area contributed by atoms with Crippen LogP contribution in [0.15, 0.2) is 0 Å². The molecule has 0 saturated heterocycles. The molecular formula is C26H44N6. The number of unbranched alkanes of at least 4 members (excludes halogenated alkanes) is 6. The van der Waals surface area contributed by atoms with Gasteiger partial charge in [-0.25, -0.2) is 19.9 Å².